The van der Waals surface area contributed by atoms with Crippen LogP contribution in [0.15, 0.2) is 22.7 Å². The third-order valence-electron chi connectivity index (χ3n) is 3.52. The molecule has 0 saturated heterocycles. The lowest BCUT2D eigenvalue weighted by Gasteiger charge is -2.18. The normalized spacial score (nSPS) is 22.2. The summed E-state index contributed by atoms with van der Waals surface area (Å²) in [5.41, 5.74) is 1.55. The van der Waals surface area contributed by atoms with Gasteiger partial charge in [-0.2, -0.15) is 0 Å². The molecule has 4 nitrogen and oxygen atoms in total. The highest BCUT2D eigenvalue weighted by Gasteiger charge is 2.34. The zero-order valence-corrected chi connectivity index (χ0v) is 12.2. The molecule has 1 aliphatic carbocycles. The van der Waals surface area contributed by atoms with Crippen molar-refractivity contribution in [2.45, 2.75) is 32.2 Å². The number of benzene rings is 1. The molecule has 2 unspecified atom stereocenters. The van der Waals surface area contributed by atoms with Crippen molar-refractivity contribution in [1.29, 1.82) is 0 Å². The molecule has 0 heterocycles. The smallest absolute Gasteiger partial charge is 0.308 e. The first-order valence-electron chi connectivity index (χ1n) is 6.29. The van der Waals surface area contributed by atoms with Crippen LogP contribution in [0.2, 0.25) is 0 Å². The van der Waals surface area contributed by atoms with Crippen molar-refractivity contribution < 1.29 is 14.7 Å². The second-order valence-corrected chi connectivity index (χ2v) is 5.79. The topological polar surface area (TPSA) is 66.4 Å². The van der Waals surface area contributed by atoms with E-state index in [1.807, 2.05) is 19.1 Å². The molecule has 1 saturated carbocycles. The maximum atomic E-state index is 12.2. The van der Waals surface area contributed by atoms with Gasteiger partial charge in [0.15, 0.2) is 0 Å². The Hall–Kier alpha value is -1.36. The summed E-state index contributed by atoms with van der Waals surface area (Å²) in [6.07, 6.45) is 2.21. The van der Waals surface area contributed by atoms with Crippen LogP contribution in [0, 0.1) is 12.8 Å². The maximum absolute atomic E-state index is 12.2. The van der Waals surface area contributed by atoms with Crippen LogP contribution in [0.3, 0.4) is 0 Å². The van der Waals surface area contributed by atoms with E-state index < -0.39 is 11.9 Å². The number of carboxylic acid groups (broad SMARTS) is 1. The van der Waals surface area contributed by atoms with Crippen LogP contribution < -0.4 is 5.32 Å². The van der Waals surface area contributed by atoms with E-state index in [9.17, 15) is 9.59 Å². The molecular weight excluding hydrogens is 310 g/mol. The number of carbonyl (C=O) groups is 2. The van der Waals surface area contributed by atoms with E-state index in [4.69, 9.17) is 5.11 Å². The number of aliphatic carboxylic acids is 1. The fourth-order valence-electron chi connectivity index (χ4n) is 2.49. The van der Waals surface area contributed by atoms with Gasteiger partial charge in [0, 0.05) is 10.5 Å². The molecule has 1 aromatic carbocycles. The first kappa shape index (κ1) is 14.1. The summed E-state index contributed by atoms with van der Waals surface area (Å²) in [6.45, 7) is 1.92. The van der Waals surface area contributed by atoms with Crippen LogP contribution >= 0.6 is 15.9 Å². The number of halogens is 1. The van der Waals surface area contributed by atoms with E-state index >= 15 is 0 Å². The average molecular weight is 326 g/mol. The molecule has 0 spiro atoms. The van der Waals surface area contributed by atoms with Crippen molar-refractivity contribution in [3.63, 3.8) is 0 Å². The van der Waals surface area contributed by atoms with Gasteiger partial charge in [0.05, 0.1) is 11.5 Å². The molecule has 0 radical (unpaired) electrons. The summed E-state index contributed by atoms with van der Waals surface area (Å²) in [4.78, 5) is 23.3. The lowest BCUT2D eigenvalue weighted by molar-refractivity contribution is -0.142. The first-order chi connectivity index (χ1) is 8.99. The van der Waals surface area contributed by atoms with Crippen molar-refractivity contribution in [3.8, 4) is 0 Å². The fraction of sp³-hybridized carbons (Fsp3) is 0.429. The SMILES string of the molecule is Cc1ccc(Br)c(C(=O)NC2CCCC2C(=O)O)c1. The van der Waals surface area contributed by atoms with Crippen LogP contribution in [0.5, 0.6) is 0 Å². The van der Waals surface area contributed by atoms with E-state index in [1.54, 1.807) is 6.07 Å². The highest BCUT2D eigenvalue weighted by molar-refractivity contribution is 9.10. The Balaban J connectivity index is 2.12. The van der Waals surface area contributed by atoms with Gasteiger partial charge < -0.3 is 10.4 Å². The van der Waals surface area contributed by atoms with Gasteiger partial charge in [0.1, 0.15) is 0 Å². The largest absolute Gasteiger partial charge is 0.481 e. The van der Waals surface area contributed by atoms with Gasteiger partial charge in [0.2, 0.25) is 0 Å². The predicted octanol–water partition coefficient (Wildman–Crippen LogP) is 2.74. The molecule has 19 heavy (non-hydrogen) atoms. The van der Waals surface area contributed by atoms with Crippen molar-refractivity contribution in [2.75, 3.05) is 0 Å². The van der Waals surface area contributed by atoms with Gasteiger partial charge in [-0.25, -0.2) is 0 Å². The zero-order chi connectivity index (χ0) is 14.0. The Labute approximate surface area is 120 Å². The summed E-state index contributed by atoms with van der Waals surface area (Å²) in [6, 6.07) is 5.27. The number of hydrogen-bond donors (Lipinski definition) is 2. The van der Waals surface area contributed by atoms with Gasteiger partial charge >= 0.3 is 5.97 Å². The molecule has 1 fully saturated rings. The highest BCUT2D eigenvalue weighted by atomic mass is 79.9. The number of aryl methyl sites for hydroxylation is 1. The van der Waals surface area contributed by atoms with E-state index in [-0.39, 0.29) is 11.9 Å². The Bertz CT molecular complexity index is 515. The van der Waals surface area contributed by atoms with E-state index in [1.165, 1.54) is 0 Å². The van der Waals surface area contributed by atoms with Gasteiger partial charge in [-0.05, 0) is 47.8 Å². The maximum Gasteiger partial charge on any atom is 0.308 e. The Morgan fingerprint density at radius 3 is 2.79 bits per heavy atom. The molecule has 2 atom stereocenters. The number of carbonyl (C=O) groups excluding carboxylic acids is 1. The minimum atomic E-state index is -0.828. The Morgan fingerprint density at radius 1 is 1.37 bits per heavy atom. The molecule has 2 N–H and O–H groups in total. The quantitative estimate of drug-likeness (QED) is 0.897. The molecule has 0 bridgehead atoms. The lowest BCUT2D eigenvalue weighted by atomic mass is 10.0. The summed E-state index contributed by atoms with van der Waals surface area (Å²) in [7, 11) is 0. The van der Waals surface area contributed by atoms with E-state index in [2.05, 4.69) is 21.2 Å². The summed E-state index contributed by atoms with van der Waals surface area (Å²) in [5.74, 6) is -1.51. The molecule has 1 aliphatic rings. The number of nitrogens with one attached hydrogen (secondary N) is 1. The first-order valence-corrected chi connectivity index (χ1v) is 7.08. The van der Waals surface area contributed by atoms with Crippen LogP contribution in [-0.2, 0) is 4.79 Å². The van der Waals surface area contributed by atoms with Crippen molar-refractivity contribution >= 4 is 27.8 Å². The molecule has 1 aromatic rings. The lowest BCUT2D eigenvalue weighted by Crippen LogP contribution is -2.40. The molecule has 5 heteroatoms. The van der Waals surface area contributed by atoms with Crippen molar-refractivity contribution in [1.82, 2.24) is 5.32 Å². The van der Waals surface area contributed by atoms with E-state index in [0.717, 1.165) is 22.9 Å². The monoisotopic (exact) mass is 325 g/mol. The Morgan fingerprint density at radius 2 is 2.11 bits per heavy atom. The van der Waals surface area contributed by atoms with Crippen LogP contribution in [0.25, 0.3) is 0 Å². The predicted molar refractivity (Wildman–Crippen MR) is 75.1 cm³/mol. The standard InChI is InChI=1S/C14H16BrNO3/c1-8-5-6-11(15)10(7-8)13(17)16-12-4-2-3-9(12)14(18)19/h5-7,9,12H,2-4H2,1H3,(H,16,17)(H,18,19). The van der Waals surface area contributed by atoms with Gasteiger partial charge in [-0.15, -0.1) is 0 Å². The number of rotatable bonds is 3. The molecule has 0 aromatic heterocycles. The zero-order valence-electron chi connectivity index (χ0n) is 10.6. The summed E-state index contributed by atoms with van der Waals surface area (Å²) in [5, 5.41) is 12.0. The van der Waals surface area contributed by atoms with Gasteiger partial charge in [-0.1, -0.05) is 18.1 Å². The summed E-state index contributed by atoms with van der Waals surface area (Å²) >= 11 is 3.35. The molecule has 2 rings (SSSR count). The van der Waals surface area contributed by atoms with Crippen LogP contribution in [0.4, 0.5) is 0 Å². The fourth-order valence-corrected chi connectivity index (χ4v) is 2.91. The second kappa shape index (κ2) is 5.74. The average Bonchev–Trinajstić information content (AvgIpc) is 2.80. The second-order valence-electron chi connectivity index (χ2n) is 4.94. The molecular formula is C14H16BrNO3. The van der Waals surface area contributed by atoms with Crippen LogP contribution in [0.1, 0.15) is 35.2 Å². The van der Waals surface area contributed by atoms with Crippen LogP contribution in [-0.4, -0.2) is 23.0 Å². The number of amides is 1. The molecule has 1 amide bonds. The van der Waals surface area contributed by atoms with Gasteiger partial charge in [-0.3, -0.25) is 9.59 Å². The van der Waals surface area contributed by atoms with Crippen molar-refractivity contribution in [2.24, 2.45) is 5.92 Å². The van der Waals surface area contributed by atoms with Gasteiger partial charge in [0.25, 0.3) is 5.91 Å². The molecule has 0 aliphatic heterocycles. The Kier molecular flexibility index (Phi) is 4.24. The number of carboxylic acids is 1. The third kappa shape index (κ3) is 3.15. The summed E-state index contributed by atoms with van der Waals surface area (Å²) < 4.78 is 0.723. The van der Waals surface area contributed by atoms with Crippen molar-refractivity contribution in [3.05, 3.63) is 33.8 Å². The minimum Gasteiger partial charge on any atom is -0.481 e. The highest BCUT2D eigenvalue weighted by Crippen LogP contribution is 2.27. The number of hydrogen-bond acceptors (Lipinski definition) is 2. The third-order valence-corrected chi connectivity index (χ3v) is 4.21. The molecule has 102 valence electrons. The minimum absolute atomic E-state index is 0.214. The van der Waals surface area contributed by atoms with E-state index in [0.29, 0.717) is 12.0 Å².